The van der Waals surface area contributed by atoms with Crippen LogP contribution in [0.25, 0.3) is 0 Å². The summed E-state index contributed by atoms with van der Waals surface area (Å²) in [5.41, 5.74) is 3.04. The smallest absolute Gasteiger partial charge is 0.343 e. The molecule has 1 aliphatic heterocycles. The van der Waals surface area contributed by atoms with E-state index in [1.54, 1.807) is 0 Å². The first-order valence-corrected chi connectivity index (χ1v) is 5.06. The van der Waals surface area contributed by atoms with Crippen molar-refractivity contribution in [2.24, 2.45) is 0 Å². The van der Waals surface area contributed by atoms with Gasteiger partial charge in [-0.2, -0.15) is 0 Å². The first-order valence-electron chi connectivity index (χ1n) is 5.06. The van der Waals surface area contributed by atoms with Gasteiger partial charge in [-0.25, -0.2) is 4.79 Å². The molecule has 0 aromatic rings. The van der Waals surface area contributed by atoms with E-state index in [0.29, 0.717) is 0 Å². The topological polar surface area (TPSA) is 26.3 Å². The number of ether oxygens (including phenoxy) is 1. The molecule has 2 heteroatoms. The molecule has 2 rings (SSSR count). The van der Waals surface area contributed by atoms with Crippen molar-refractivity contribution in [1.29, 1.82) is 0 Å². The van der Waals surface area contributed by atoms with Crippen molar-refractivity contribution in [2.45, 2.75) is 33.1 Å². The Kier molecular flexibility index (Phi) is 2.28. The lowest BCUT2D eigenvalue weighted by Crippen LogP contribution is -1.97. The summed E-state index contributed by atoms with van der Waals surface area (Å²) in [5.74, 6) is 0.649. The fraction of sp³-hybridized carbons (Fsp3) is 0.417. The molecular weight excluding hydrogens is 176 g/mol. The highest BCUT2D eigenvalue weighted by molar-refractivity contribution is 5.97. The summed E-state index contributed by atoms with van der Waals surface area (Å²) in [6.45, 7) is 4.10. The van der Waals surface area contributed by atoms with Crippen LogP contribution in [-0.2, 0) is 9.53 Å². The molecule has 2 aliphatic rings. The van der Waals surface area contributed by atoms with E-state index in [9.17, 15) is 4.79 Å². The predicted octanol–water partition coefficient (Wildman–Crippen LogP) is 2.87. The average Bonchev–Trinajstić information content (AvgIpc) is 2.56. The van der Waals surface area contributed by atoms with Crippen LogP contribution in [0.15, 0.2) is 34.6 Å². The van der Waals surface area contributed by atoms with Gasteiger partial charge in [0, 0.05) is 5.57 Å². The Balaban J connectivity index is 2.47. The second kappa shape index (κ2) is 3.45. The lowest BCUT2D eigenvalue weighted by atomic mass is 9.96. The summed E-state index contributed by atoms with van der Waals surface area (Å²) < 4.78 is 5.28. The van der Waals surface area contributed by atoms with E-state index in [2.05, 4.69) is 6.92 Å². The molecule has 0 bridgehead atoms. The second-order valence-corrected chi connectivity index (χ2v) is 3.69. The van der Waals surface area contributed by atoms with Gasteiger partial charge in [0.2, 0.25) is 0 Å². The molecule has 0 saturated heterocycles. The monoisotopic (exact) mass is 190 g/mol. The Morgan fingerprint density at radius 1 is 1.57 bits per heavy atom. The van der Waals surface area contributed by atoms with Crippen LogP contribution in [0.5, 0.6) is 0 Å². The van der Waals surface area contributed by atoms with Crippen molar-refractivity contribution in [3.63, 3.8) is 0 Å². The van der Waals surface area contributed by atoms with Gasteiger partial charge < -0.3 is 4.74 Å². The summed E-state index contributed by atoms with van der Waals surface area (Å²) in [4.78, 5) is 11.5. The summed E-state index contributed by atoms with van der Waals surface area (Å²) in [5, 5.41) is 0. The van der Waals surface area contributed by atoms with Crippen LogP contribution in [0.4, 0.5) is 0 Å². The molecule has 0 unspecified atom stereocenters. The molecule has 1 aliphatic carbocycles. The molecule has 0 aromatic heterocycles. The van der Waals surface area contributed by atoms with E-state index in [0.717, 1.165) is 36.2 Å². The van der Waals surface area contributed by atoms with Crippen molar-refractivity contribution in [3.05, 3.63) is 34.6 Å². The Bertz CT molecular complexity index is 370. The molecule has 0 amide bonds. The predicted molar refractivity (Wildman–Crippen MR) is 54.5 cm³/mol. The van der Waals surface area contributed by atoms with Crippen molar-refractivity contribution < 1.29 is 9.53 Å². The fourth-order valence-electron chi connectivity index (χ4n) is 1.81. The highest BCUT2D eigenvalue weighted by Gasteiger charge is 2.29. The molecule has 0 spiro atoms. The largest absolute Gasteiger partial charge is 0.423 e. The summed E-state index contributed by atoms with van der Waals surface area (Å²) in [7, 11) is 0. The number of esters is 1. The number of carbonyl (C=O) groups excluding carboxylic acids is 1. The maximum atomic E-state index is 11.5. The quantitative estimate of drug-likeness (QED) is 0.594. The molecule has 0 radical (unpaired) electrons. The third kappa shape index (κ3) is 1.31. The van der Waals surface area contributed by atoms with Crippen molar-refractivity contribution in [1.82, 2.24) is 0 Å². The van der Waals surface area contributed by atoms with E-state index < -0.39 is 0 Å². The third-order valence-electron chi connectivity index (χ3n) is 2.78. The maximum absolute atomic E-state index is 11.5. The van der Waals surface area contributed by atoms with Crippen LogP contribution < -0.4 is 0 Å². The minimum Gasteiger partial charge on any atom is -0.423 e. The van der Waals surface area contributed by atoms with Crippen LogP contribution in [0.3, 0.4) is 0 Å². The molecule has 1 heterocycles. The normalized spacial score (nSPS) is 23.7. The highest BCUT2D eigenvalue weighted by Crippen LogP contribution is 2.35. The van der Waals surface area contributed by atoms with Gasteiger partial charge in [-0.05, 0) is 31.8 Å². The molecule has 14 heavy (non-hydrogen) atoms. The zero-order chi connectivity index (χ0) is 10.1. The van der Waals surface area contributed by atoms with E-state index in [1.165, 1.54) is 5.57 Å². The number of allylic oxidation sites excluding steroid dienone is 3. The third-order valence-corrected chi connectivity index (χ3v) is 2.78. The van der Waals surface area contributed by atoms with Gasteiger partial charge in [-0.15, -0.1) is 0 Å². The van der Waals surface area contributed by atoms with E-state index >= 15 is 0 Å². The number of carbonyl (C=O) groups is 1. The Labute approximate surface area is 83.9 Å². The standard InChI is InChI=1S/C12H14O2/c1-3-8(2)11-9-6-4-5-7-10(9)12(13)14-11/h5,7H,3-4,6H2,1-2H3/b11-8-. The first-order chi connectivity index (χ1) is 6.74. The molecule has 0 aromatic carbocycles. The zero-order valence-corrected chi connectivity index (χ0v) is 8.59. The van der Waals surface area contributed by atoms with Gasteiger partial charge in [0.15, 0.2) is 0 Å². The van der Waals surface area contributed by atoms with E-state index in [-0.39, 0.29) is 5.97 Å². The Morgan fingerprint density at radius 2 is 2.36 bits per heavy atom. The number of rotatable bonds is 1. The van der Waals surface area contributed by atoms with Crippen LogP contribution in [-0.4, -0.2) is 5.97 Å². The lowest BCUT2D eigenvalue weighted by molar-refractivity contribution is -0.132. The molecular formula is C12H14O2. The lowest BCUT2D eigenvalue weighted by Gasteiger charge is -2.08. The summed E-state index contributed by atoms with van der Waals surface area (Å²) in [6, 6.07) is 0. The highest BCUT2D eigenvalue weighted by atomic mass is 16.5. The van der Waals surface area contributed by atoms with Gasteiger partial charge in [-0.3, -0.25) is 0 Å². The van der Waals surface area contributed by atoms with Gasteiger partial charge in [0.25, 0.3) is 0 Å². The first kappa shape index (κ1) is 9.25. The average molecular weight is 190 g/mol. The molecule has 74 valence electrons. The van der Waals surface area contributed by atoms with Crippen LogP contribution in [0.1, 0.15) is 33.1 Å². The molecule has 0 atom stereocenters. The Morgan fingerprint density at radius 3 is 3.07 bits per heavy atom. The SMILES string of the molecule is CC/C(C)=C1\OC(=O)C2=C1CCC=C2. The minimum atomic E-state index is -0.182. The van der Waals surface area contributed by atoms with Gasteiger partial charge in [0.05, 0.1) is 5.57 Å². The molecule has 2 nitrogen and oxygen atoms in total. The maximum Gasteiger partial charge on any atom is 0.343 e. The fourth-order valence-corrected chi connectivity index (χ4v) is 1.81. The van der Waals surface area contributed by atoms with Crippen molar-refractivity contribution in [3.8, 4) is 0 Å². The zero-order valence-electron chi connectivity index (χ0n) is 8.59. The molecule has 0 fully saturated rings. The molecule has 0 N–H and O–H groups in total. The van der Waals surface area contributed by atoms with Crippen LogP contribution >= 0.6 is 0 Å². The second-order valence-electron chi connectivity index (χ2n) is 3.69. The van der Waals surface area contributed by atoms with E-state index in [4.69, 9.17) is 4.74 Å². The van der Waals surface area contributed by atoms with Crippen LogP contribution in [0, 0.1) is 0 Å². The number of cyclic esters (lactones) is 1. The summed E-state index contributed by atoms with van der Waals surface area (Å²) >= 11 is 0. The minimum absolute atomic E-state index is 0.182. The van der Waals surface area contributed by atoms with Crippen LogP contribution in [0.2, 0.25) is 0 Å². The Hall–Kier alpha value is -1.31. The number of hydrogen-bond acceptors (Lipinski definition) is 2. The molecule has 0 saturated carbocycles. The van der Waals surface area contributed by atoms with Crippen molar-refractivity contribution in [2.75, 3.05) is 0 Å². The summed E-state index contributed by atoms with van der Waals surface area (Å²) in [6.07, 6.45) is 6.80. The van der Waals surface area contributed by atoms with E-state index in [1.807, 2.05) is 19.1 Å². The van der Waals surface area contributed by atoms with Gasteiger partial charge >= 0.3 is 5.97 Å². The van der Waals surface area contributed by atoms with Crippen molar-refractivity contribution >= 4 is 5.97 Å². The number of hydrogen-bond donors (Lipinski definition) is 0. The van der Waals surface area contributed by atoms with Gasteiger partial charge in [0.1, 0.15) is 5.76 Å². The van der Waals surface area contributed by atoms with Gasteiger partial charge in [-0.1, -0.05) is 19.1 Å².